The summed E-state index contributed by atoms with van der Waals surface area (Å²) in [6.07, 6.45) is 8.27. The highest BCUT2D eigenvalue weighted by atomic mass is 16.9. The molecule has 0 aliphatic carbocycles. The van der Waals surface area contributed by atoms with Gasteiger partial charge < -0.3 is 0 Å². The van der Waals surface area contributed by atoms with Crippen LogP contribution in [0.3, 0.4) is 0 Å². The highest BCUT2D eigenvalue weighted by Crippen LogP contribution is 2.16. The van der Waals surface area contributed by atoms with E-state index in [-0.39, 0.29) is 0 Å². The fourth-order valence-corrected chi connectivity index (χ4v) is 2.28. The maximum Gasteiger partial charge on any atom is 0.0418 e. The zero-order chi connectivity index (χ0) is 12.1. The van der Waals surface area contributed by atoms with Crippen molar-refractivity contribution in [3.63, 3.8) is 0 Å². The van der Waals surface area contributed by atoms with Crippen molar-refractivity contribution < 1.29 is 4.94 Å². The summed E-state index contributed by atoms with van der Waals surface area (Å²) >= 11 is 0. The zero-order valence-electron chi connectivity index (χ0n) is 10.4. The van der Waals surface area contributed by atoms with Crippen LogP contribution in [0.1, 0.15) is 25.7 Å². The molecule has 0 aromatic carbocycles. The standard InChI is InChI=1S/C12H22N4O/c1-3-15(13-9-5-6-10-13)17-16(4-2)14-11-7-8-12-14/h3-4H,1-2,5-12H2. The van der Waals surface area contributed by atoms with Gasteiger partial charge in [-0.2, -0.15) is 20.4 Å². The van der Waals surface area contributed by atoms with Crippen LogP contribution in [0.15, 0.2) is 25.6 Å². The van der Waals surface area contributed by atoms with Gasteiger partial charge in [-0.1, -0.05) is 13.2 Å². The van der Waals surface area contributed by atoms with Crippen molar-refractivity contribution in [2.75, 3.05) is 26.2 Å². The lowest BCUT2D eigenvalue weighted by Gasteiger charge is -2.35. The first-order valence-corrected chi connectivity index (χ1v) is 6.36. The monoisotopic (exact) mass is 238 g/mol. The van der Waals surface area contributed by atoms with Crippen molar-refractivity contribution in [2.24, 2.45) is 0 Å². The van der Waals surface area contributed by atoms with E-state index in [9.17, 15) is 0 Å². The van der Waals surface area contributed by atoms with Crippen LogP contribution in [0.5, 0.6) is 0 Å². The molecule has 0 aromatic heterocycles. The Morgan fingerprint density at radius 3 is 1.41 bits per heavy atom. The lowest BCUT2D eigenvalue weighted by atomic mass is 10.4. The normalized spacial score (nSPS) is 21.6. The van der Waals surface area contributed by atoms with E-state index >= 15 is 0 Å². The van der Waals surface area contributed by atoms with E-state index in [1.807, 2.05) is 0 Å². The minimum atomic E-state index is 1.02. The number of rotatable bonds is 6. The Bertz CT molecular complexity index is 233. The van der Waals surface area contributed by atoms with Gasteiger partial charge in [0, 0.05) is 38.6 Å². The topological polar surface area (TPSA) is 22.2 Å². The average molecular weight is 238 g/mol. The molecule has 0 unspecified atom stereocenters. The summed E-state index contributed by atoms with van der Waals surface area (Å²) in [5.74, 6) is 0. The Balaban J connectivity index is 1.90. The van der Waals surface area contributed by atoms with Gasteiger partial charge in [-0.15, -0.1) is 4.94 Å². The molecule has 0 radical (unpaired) electrons. The van der Waals surface area contributed by atoms with Crippen LogP contribution in [0.2, 0.25) is 0 Å². The van der Waals surface area contributed by atoms with Gasteiger partial charge in [0.1, 0.15) is 0 Å². The van der Waals surface area contributed by atoms with Crippen LogP contribution in [-0.4, -0.2) is 46.5 Å². The molecule has 96 valence electrons. The molecule has 2 saturated heterocycles. The fraction of sp³-hybridized carbons (Fsp3) is 0.667. The SMILES string of the molecule is C=CN(ON(C=C)N1CCCC1)N1CCCC1. The van der Waals surface area contributed by atoms with E-state index in [0.29, 0.717) is 0 Å². The number of hydrogen-bond donors (Lipinski definition) is 0. The largest absolute Gasteiger partial charge is 0.195 e. The lowest BCUT2D eigenvalue weighted by molar-refractivity contribution is -0.406. The molecule has 2 rings (SSSR count). The van der Waals surface area contributed by atoms with Crippen molar-refractivity contribution >= 4 is 0 Å². The number of hydrogen-bond acceptors (Lipinski definition) is 5. The predicted octanol–water partition coefficient (Wildman–Crippen LogP) is 1.75. The van der Waals surface area contributed by atoms with E-state index in [2.05, 4.69) is 23.2 Å². The molecule has 0 spiro atoms. The smallest absolute Gasteiger partial charge is 0.0418 e. The lowest BCUT2D eigenvalue weighted by Crippen LogP contribution is -2.46. The molecule has 0 atom stereocenters. The summed E-state index contributed by atoms with van der Waals surface area (Å²) in [5, 5.41) is 7.74. The van der Waals surface area contributed by atoms with Gasteiger partial charge in [0.2, 0.25) is 0 Å². The number of hydroxylamine groups is 2. The van der Waals surface area contributed by atoms with Crippen LogP contribution in [0.4, 0.5) is 0 Å². The van der Waals surface area contributed by atoms with E-state index in [1.54, 1.807) is 22.7 Å². The number of nitrogens with zero attached hydrogens (tertiary/aromatic N) is 4. The molecular formula is C12H22N4O. The molecule has 0 amide bonds. The first-order chi connectivity index (χ1) is 8.35. The van der Waals surface area contributed by atoms with Crippen molar-refractivity contribution in [3.8, 4) is 0 Å². The molecule has 0 N–H and O–H groups in total. The minimum absolute atomic E-state index is 1.02. The molecule has 5 heteroatoms. The summed E-state index contributed by atoms with van der Waals surface area (Å²) in [5.41, 5.74) is 0. The molecule has 5 nitrogen and oxygen atoms in total. The Kier molecular flexibility index (Phi) is 4.42. The van der Waals surface area contributed by atoms with Gasteiger partial charge in [-0.05, 0) is 25.7 Å². The molecule has 0 saturated carbocycles. The van der Waals surface area contributed by atoms with Crippen molar-refractivity contribution in [2.45, 2.75) is 25.7 Å². The first-order valence-electron chi connectivity index (χ1n) is 6.36. The van der Waals surface area contributed by atoms with Gasteiger partial charge in [-0.25, -0.2) is 0 Å². The maximum atomic E-state index is 5.80. The third-order valence-corrected chi connectivity index (χ3v) is 3.20. The van der Waals surface area contributed by atoms with Gasteiger partial charge in [0.15, 0.2) is 0 Å². The Labute approximate surface area is 103 Å². The second-order valence-corrected chi connectivity index (χ2v) is 4.37. The third-order valence-electron chi connectivity index (χ3n) is 3.20. The number of hydrazine groups is 2. The summed E-state index contributed by atoms with van der Waals surface area (Å²) in [4.78, 5) is 5.80. The van der Waals surface area contributed by atoms with Crippen LogP contribution >= 0.6 is 0 Å². The van der Waals surface area contributed by atoms with Crippen molar-refractivity contribution in [1.82, 2.24) is 20.4 Å². The van der Waals surface area contributed by atoms with Crippen LogP contribution < -0.4 is 0 Å². The summed E-state index contributed by atoms with van der Waals surface area (Å²) in [7, 11) is 0. The molecule has 17 heavy (non-hydrogen) atoms. The van der Waals surface area contributed by atoms with E-state index in [1.165, 1.54) is 25.7 Å². The molecule has 2 aliphatic heterocycles. The Morgan fingerprint density at radius 2 is 1.12 bits per heavy atom. The molecule has 2 fully saturated rings. The molecular weight excluding hydrogens is 216 g/mol. The second-order valence-electron chi connectivity index (χ2n) is 4.37. The third kappa shape index (κ3) is 3.00. The predicted molar refractivity (Wildman–Crippen MR) is 66.8 cm³/mol. The van der Waals surface area contributed by atoms with Gasteiger partial charge in [0.25, 0.3) is 0 Å². The van der Waals surface area contributed by atoms with Crippen molar-refractivity contribution in [3.05, 3.63) is 25.6 Å². The van der Waals surface area contributed by atoms with Crippen LogP contribution in [-0.2, 0) is 4.94 Å². The molecule has 2 heterocycles. The van der Waals surface area contributed by atoms with Gasteiger partial charge in [0.05, 0.1) is 0 Å². The summed E-state index contributed by atoms with van der Waals surface area (Å²) in [6.45, 7) is 11.7. The van der Waals surface area contributed by atoms with Crippen molar-refractivity contribution in [1.29, 1.82) is 0 Å². The molecule has 0 aromatic rings. The van der Waals surface area contributed by atoms with Gasteiger partial charge >= 0.3 is 0 Å². The summed E-state index contributed by atoms with van der Waals surface area (Å²) < 4.78 is 0. The molecule has 2 aliphatic rings. The quantitative estimate of drug-likeness (QED) is 0.656. The minimum Gasteiger partial charge on any atom is -0.195 e. The second kappa shape index (κ2) is 6.05. The first kappa shape index (κ1) is 12.4. The van der Waals surface area contributed by atoms with E-state index in [0.717, 1.165) is 26.2 Å². The Hall–Kier alpha value is -1.04. The Morgan fingerprint density at radius 1 is 0.765 bits per heavy atom. The summed E-state index contributed by atoms with van der Waals surface area (Å²) in [6, 6.07) is 0. The highest BCUT2D eigenvalue weighted by molar-refractivity contribution is 4.70. The highest BCUT2D eigenvalue weighted by Gasteiger charge is 2.23. The van der Waals surface area contributed by atoms with E-state index < -0.39 is 0 Å². The van der Waals surface area contributed by atoms with E-state index in [4.69, 9.17) is 4.94 Å². The average Bonchev–Trinajstić information content (AvgIpc) is 3.03. The molecule has 0 bridgehead atoms. The zero-order valence-corrected chi connectivity index (χ0v) is 10.4. The van der Waals surface area contributed by atoms with Gasteiger partial charge in [-0.3, -0.25) is 0 Å². The maximum absolute atomic E-state index is 5.80. The fourth-order valence-electron chi connectivity index (χ4n) is 2.28. The van der Waals surface area contributed by atoms with Crippen LogP contribution in [0.25, 0.3) is 0 Å². The van der Waals surface area contributed by atoms with Crippen LogP contribution in [0, 0.1) is 0 Å².